The SMILES string of the molecule is CCc1c(-c2sc(C)c(F)c2C)sc(C)c1F. The second kappa shape index (κ2) is 4.50. The maximum Gasteiger partial charge on any atom is 0.140 e. The minimum absolute atomic E-state index is 0.127. The first-order valence-corrected chi connectivity index (χ1v) is 7.14. The number of hydrogen-bond acceptors (Lipinski definition) is 2. The van der Waals surface area contributed by atoms with Gasteiger partial charge in [-0.3, -0.25) is 0 Å². The van der Waals surface area contributed by atoms with Crippen LogP contribution in [0.15, 0.2) is 0 Å². The van der Waals surface area contributed by atoms with Crippen molar-refractivity contribution in [3.8, 4) is 9.75 Å². The fourth-order valence-electron chi connectivity index (χ4n) is 1.93. The van der Waals surface area contributed by atoms with Crippen LogP contribution < -0.4 is 0 Å². The molecule has 0 unspecified atom stereocenters. The zero-order valence-corrected chi connectivity index (χ0v) is 11.9. The van der Waals surface area contributed by atoms with Crippen molar-refractivity contribution in [2.24, 2.45) is 0 Å². The molecule has 92 valence electrons. The van der Waals surface area contributed by atoms with Gasteiger partial charge in [-0.25, -0.2) is 8.78 Å². The molecule has 0 saturated heterocycles. The predicted molar refractivity (Wildman–Crippen MR) is 71.1 cm³/mol. The van der Waals surface area contributed by atoms with Crippen molar-refractivity contribution in [3.63, 3.8) is 0 Å². The second-order valence-corrected chi connectivity index (χ2v) is 6.51. The van der Waals surface area contributed by atoms with E-state index in [1.54, 1.807) is 20.8 Å². The fraction of sp³-hybridized carbons (Fsp3) is 0.385. The van der Waals surface area contributed by atoms with E-state index in [2.05, 4.69) is 0 Å². The monoisotopic (exact) mass is 272 g/mol. The topological polar surface area (TPSA) is 0 Å². The van der Waals surface area contributed by atoms with Crippen LogP contribution in [0.1, 0.15) is 27.8 Å². The first-order valence-electron chi connectivity index (χ1n) is 5.51. The molecule has 4 heteroatoms. The zero-order valence-electron chi connectivity index (χ0n) is 10.3. The third-order valence-corrected chi connectivity index (χ3v) is 5.37. The van der Waals surface area contributed by atoms with Crippen molar-refractivity contribution < 1.29 is 8.78 Å². The van der Waals surface area contributed by atoms with E-state index in [9.17, 15) is 8.78 Å². The van der Waals surface area contributed by atoms with Crippen LogP contribution in [0.5, 0.6) is 0 Å². The van der Waals surface area contributed by atoms with Gasteiger partial charge in [0, 0.05) is 20.9 Å². The molecular weight excluding hydrogens is 258 g/mol. The smallest absolute Gasteiger partial charge is 0.140 e. The molecule has 0 nitrogen and oxygen atoms in total. The first kappa shape index (κ1) is 12.7. The summed E-state index contributed by atoms with van der Waals surface area (Å²) in [6.07, 6.45) is 0.642. The third kappa shape index (κ3) is 1.93. The van der Waals surface area contributed by atoms with Gasteiger partial charge in [-0.2, -0.15) is 0 Å². The molecule has 0 bridgehead atoms. The van der Waals surface area contributed by atoms with E-state index in [1.807, 2.05) is 6.92 Å². The Balaban J connectivity index is 2.68. The number of aryl methyl sites for hydroxylation is 2. The molecule has 17 heavy (non-hydrogen) atoms. The highest BCUT2D eigenvalue weighted by atomic mass is 32.1. The quantitative estimate of drug-likeness (QED) is 0.701. The van der Waals surface area contributed by atoms with E-state index in [1.165, 1.54) is 22.7 Å². The average molecular weight is 272 g/mol. The summed E-state index contributed by atoms with van der Waals surface area (Å²) in [4.78, 5) is 3.14. The molecule has 0 aliphatic carbocycles. The Bertz CT molecular complexity index is 564. The normalized spacial score (nSPS) is 11.2. The lowest BCUT2D eigenvalue weighted by molar-refractivity contribution is 0.611. The van der Waals surface area contributed by atoms with E-state index < -0.39 is 0 Å². The number of rotatable bonds is 2. The summed E-state index contributed by atoms with van der Waals surface area (Å²) < 4.78 is 27.6. The second-order valence-electron chi connectivity index (χ2n) is 4.06. The summed E-state index contributed by atoms with van der Waals surface area (Å²) in [6.45, 7) is 7.23. The summed E-state index contributed by atoms with van der Waals surface area (Å²) >= 11 is 2.84. The first-order chi connectivity index (χ1) is 7.97. The Labute approximate surface area is 108 Å². The Morgan fingerprint density at radius 1 is 0.882 bits per heavy atom. The average Bonchev–Trinajstić information content (AvgIpc) is 2.72. The Kier molecular flexibility index (Phi) is 3.36. The van der Waals surface area contributed by atoms with E-state index in [4.69, 9.17) is 0 Å². The minimum atomic E-state index is -0.154. The summed E-state index contributed by atoms with van der Waals surface area (Å²) in [7, 11) is 0. The molecule has 2 aromatic rings. The highest BCUT2D eigenvalue weighted by Crippen LogP contribution is 2.42. The molecular formula is C13H14F2S2. The van der Waals surface area contributed by atoms with Gasteiger partial charge in [0.2, 0.25) is 0 Å². The minimum Gasteiger partial charge on any atom is -0.205 e. The standard InChI is InChI=1S/C13H14F2S2/c1-5-9-11(15)8(4)17-13(9)12-6(2)10(14)7(3)16-12/h5H2,1-4H3. The molecule has 0 amide bonds. The molecule has 2 rings (SSSR count). The van der Waals surface area contributed by atoms with Gasteiger partial charge >= 0.3 is 0 Å². The molecule has 0 saturated carbocycles. The number of hydrogen-bond donors (Lipinski definition) is 0. The van der Waals surface area contributed by atoms with E-state index >= 15 is 0 Å². The maximum atomic E-state index is 13.9. The molecule has 0 aromatic carbocycles. The predicted octanol–water partition coefficient (Wildman–Crippen LogP) is 5.24. The molecule has 0 spiro atoms. The van der Waals surface area contributed by atoms with Crippen LogP contribution in [0.2, 0.25) is 0 Å². The van der Waals surface area contributed by atoms with Crippen LogP contribution >= 0.6 is 22.7 Å². The van der Waals surface area contributed by atoms with Crippen molar-refractivity contribution in [2.75, 3.05) is 0 Å². The highest BCUT2D eigenvalue weighted by Gasteiger charge is 2.21. The fourth-order valence-corrected chi connectivity index (χ4v) is 4.31. The van der Waals surface area contributed by atoms with Crippen LogP contribution in [0.4, 0.5) is 8.78 Å². The lowest BCUT2D eigenvalue weighted by Gasteiger charge is -2.00. The van der Waals surface area contributed by atoms with Gasteiger partial charge in [0.15, 0.2) is 0 Å². The molecule has 0 fully saturated rings. The van der Waals surface area contributed by atoms with Crippen LogP contribution in [0, 0.1) is 32.4 Å². The lowest BCUT2D eigenvalue weighted by atomic mass is 10.1. The lowest BCUT2D eigenvalue weighted by Crippen LogP contribution is -1.86. The van der Waals surface area contributed by atoms with Crippen LogP contribution in [0.3, 0.4) is 0 Å². The van der Waals surface area contributed by atoms with Crippen molar-refractivity contribution >= 4 is 22.7 Å². The Morgan fingerprint density at radius 3 is 1.88 bits per heavy atom. The van der Waals surface area contributed by atoms with Crippen molar-refractivity contribution in [2.45, 2.75) is 34.1 Å². The molecule has 0 atom stereocenters. The molecule has 2 heterocycles. The summed E-state index contributed by atoms with van der Waals surface area (Å²) in [6, 6.07) is 0. The van der Waals surface area contributed by atoms with E-state index in [0.29, 0.717) is 21.7 Å². The van der Waals surface area contributed by atoms with Crippen molar-refractivity contribution in [1.82, 2.24) is 0 Å². The van der Waals surface area contributed by atoms with Crippen LogP contribution in [0.25, 0.3) is 9.75 Å². The molecule has 0 radical (unpaired) electrons. The highest BCUT2D eigenvalue weighted by molar-refractivity contribution is 7.22. The van der Waals surface area contributed by atoms with Gasteiger partial charge in [0.25, 0.3) is 0 Å². The van der Waals surface area contributed by atoms with E-state index in [0.717, 1.165) is 15.3 Å². The van der Waals surface area contributed by atoms with Crippen LogP contribution in [-0.2, 0) is 6.42 Å². The molecule has 0 aliphatic heterocycles. The summed E-state index contributed by atoms with van der Waals surface area (Å²) in [5.74, 6) is -0.281. The Hall–Kier alpha value is -0.740. The molecule has 0 aliphatic rings. The maximum absolute atomic E-state index is 13.9. The zero-order chi connectivity index (χ0) is 12.7. The van der Waals surface area contributed by atoms with Gasteiger partial charge in [0.1, 0.15) is 11.6 Å². The Morgan fingerprint density at radius 2 is 1.41 bits per heavy atom. The van der Waals surface area contributed by atoms with Gasteiger partial charge < -0.3 is 0 Å². The number of halogens is 2. The number of thiophene rings is 2. The van der Waals surface area contributed by atoms with Gasteiger partial charge in [-0.1, -0.05) is 6.92 Å². The van der Waals surface area contributed by atoms with Crippen molar-refractivity contribution in [3.05, 3.63) is 32.5 Å². The summed E-state index contributed by atoms with van der Waals surface area (Å²) in [5.41, 5.74) is 1.36. The van der Waals surface area contributed by atoms with Gasteiger partial charge in [-0.15, -0.1) is 22.7 Å². The molecule has 0 N–H and O–H groups in total. The van der Waals surface area contributed by atoms with Gasteiger partial charge in [-0.05, 0) is 27.2 Å². The van der Waals surface area contributed by atoms with E-state index in [-0.39, 0.29) is 11.6 Å². The molecule has 2 aromatic heterocycles. The third-order valence-electron chi connectivity index (χ3n) is 2.90. The summed E-state index contributed by atoms with van der Waals surface area (Å²) in [5, 5.41) is 0. The van der Waals surface area contributed by atoms with Crippen molar-refractivity contribution in [1.29, 1.82) is 0 Å². The van der Waals surface area contributed by atoms with Gasteiger partial charge in [0.05, 0.1) is 9.75 Å². The largest absolute Gasteiger partial charge is 0.205 e. The van der Waals surface area contributed by atoms with Crippen LogP contribution in [-0.4, -0.2) is 0 Å².